The van der Waals surface area contributed by atoms with Crippen LogP contribution in [0.25, 0.3) is 0 Å². The molecule has 0 bridgehead atoms. The van der Waals surface area contributed by atoms with Crippen LogP contribution >= 0.6 is 24.0 Å². The van der Waals surface area contributed by atoms with Crippen LogP contribution in [-0.2, 0) is 0 Å². The van der Waals surface area contributed by atoms with Gasteiger partial charge in [0, 0.05) is 19.0 Å². The molecule has 0 aliphatic rings. The lowest BCUT2D eigenvalue weighted by molar-refractivity contribution is 0.268. The minimum atomic E-state index is 0. The highest BCUT2D eigenvalue weighted by molar-refractivity contribution is 14.0. The summed E-state index contributed by atoms with van der Waals surface area (Å²) in [5.41, 5.74) is 2.41. The quantitative estimate of drug-likeness (QED) is 0.255. The number of nitrogens with zero attached hydrogens (tertiary/aromatic N) is 1. The van der Waals surface area contributed by atoms with Crippen LogP contribution in [0.4, 0.5) is 0 Å². The first kappa shape index (κ1) is 25.2. The second kappa shape index (κ2) is 14.2. The van der Waals surface area contributed by atoms with Gasteiger partial charge in [0.25, 0.3) is 0 Å². The molecule has 29 heavy (non-hydrogen) atoms. The summed E-state index contributed by atoms with van der Waals surface area (Å²) in [5, 5.41) is 16.4. The Morgan fingerprint density at radius 3 is 2.31 bits per heavy atom. The third-order valence-electron chi connectivity index (χ3n) is 4.86. The first-order valence-electron chi connectivity index (χ1n) is 9.99. The Labute approximate surface area is 192 Å². The standard InChI is InChI=1S/C23H33N3O2.HI/c1-4-24-23(26-16-21(17-27)20-8-6-5-7-9-20)25-15-14-18(2)19-10-12-22(28-3)13-11-19;/h5-13,18,21,27H,4,14-17H2,1-3H3,(H2,24,25,26);1H. The molecule has 2 aromatic carbocycles. The highest BCUT2D eigenvalue weighted by Crippen LogP contribution is 2.21. The fourth-order valence-electron chi connectivity index (χ4n) is 3.04. The van der Waals surface area contributed by atoms with Crippen LogP contribution in [-0.4, -0.2) is 44.4 Å². The topological polar surface area (TPSA) is 65.9 Å². The zero-order valence-electron chi connectivity index (χ0n) is 17.6. The van der Waals surface area contributed by atoms with Crippen LogP contribution in [0, 0.1) is 0 Å². The molecule has 160 valence electrons. The van der Waals surface area contributed by atoms with E-state index in [1.807, 2.05) is 42.5 Å². The van der Waals surface area contributed by atoms with Crippen LogP contribution in [0.2, 0.25) is 0 Å². The summed E-state index contributed by atoms with van der Waals surface area (Å²) < 4.78 is 5.22. The summed E-state index contributed by atoms with van der Waals surface area (Å²) in [6.45, 7) is 6.54. The number of aliphatic imine (C=N–C) groups is 1. The van der Waals surface area contributed by atoms with E-state index in [1.165, 1.54) is 5.56 Å². The van der Waals surface area contributed by atoms with Gasteiger partial charge in [0.15, 0.2) is 5.96 Å². The SMILES string of the molecule is CCNC(=NCC(CO)c1ccccc1)NCCC(C)c1ccc(OC)cc1.I. The van der Waals surface area contributed by atoms with Gasteiger partial charge in [-0.25, -0.2) is 0 Å². The summed E-state index contributed by atoms with van der Waals surface area (Å²) >= 11 is 0. The molecule has 6 heteroatoms. The first-order chi connectivity index (χ1) is 13.7. The third-order valence-corrected chi connectivity index (χ3v) is 4.86. The van der Waals surface area contributed by atoms with E-state index < -0.39 is 0 Å². The molecule has 2 unspecified atom stereocenters. The molecule has 0 amide bonds. The van der Waals surface area contributed by atoms with Gasteiger partial charge in [-0.2, -0.15) is 0 Å². The molecule has 0 fully saturated rings. The van der Waals surface area contributed by atoms with Crippen molar-refractivity contribution in [3.8, 4) is 5.75 Å². The normalized spacial score (nSPS) is 13.2. The molecule has 0 aliphatic carbocycles. The second-order valence-corrected chi connectivity index (χ2v) is 6.90. The number of rotatable bonds is 10. The van der Waals surface area contributed by atoms with Gasteiger partial charge in [0.1, 0.15) is 5.75 Å². The van der Waals surface area contributed by atoms with Crippen molar-refractivity contribution in [2.24, 2.45) is 4.99 Å². The number of ether oxygens (including phenoxy) is 1. The number of halogens is 1. The first-order valence-corrected chi connectivity index (χ1v) is 9.99. The summed E-state index contributed by atoms with van der Waals surface area (Å²) in [5.74, 6) is 2.12. The molecule has 2 aromatic rings. The van der Waals surface area contributed by atoms with Crippen molar-refractivity contribution in [1.82, 2.24) is 10.6 Å². The van der Waals surface area contributed by atoms with Crippen LogP contribution in [0.5, 0.6) is 5.75 Å². The molecule has 2 atom stereocenters. The van der Waals surface area contributed by atoms with E-state index in [-0.39, 0.29) is 36.5 Å². The lowest BCUT2D eigenvalue weighted by Crippen LogP contribution is -2.38. The molecule has 0 radical (unpaired) electrons. The van der Waals surface area contributed by atoms with Crippen molar-refractivity contribution in [2.75, 3.05) is 33.4 Å². The van der Waals surface area contributed by atoms with E-state index in [2.05, 4.69) is 41.6 Å². The zero-order chi connectivity index (χ0) is 20.2. The maximum absolute atomic E-state index is 9.72. The highest BCUT2D eigenvalue weighted by atomic mass is 127. The smallest absolute Gasteiger partial charge is 0.191 e. The van der Waals surface area contributed by atoms with E-state index in [4.69, 9.17) is 4.74 Å². The van der Waals surface area contributed by atoms with Crippen molar-refractivity contribution in [3.63, 3.8) is 0 Å². The molecular weight excluding hydrogens is 477 g/mol. The Hall–Kier alpha value is -1.80. The highest BCUT2D eigenvalue weighted by Gasteiger charge is 2.10. The molecule has 5 nitrogen and oxygen atoms in total. The van der Waals surface area contributed by atoms with Gasteiger partial charge >= 0.3 is 0 Å². The van der Waals surface area contributed by atoms with Crippen molar-refractivity contribution < 1.29 is 9.84 Å². The van der Waals surface area contributed by atoms with Gasteiger partial charge in [-0.15, -0.1) is 24.0 Å². The number of guanidine groups is 1. The third kappa shape index (κ3) is 8.62. The van der Waals surface area contributed by atoms with E-state index >= 15 is 0 Å². The molecule has 2 rings (SSSR count). The molecule has 0 heterocycles. The lowest BCUT2D eigenvalue weighted by Gasteiger charge is -2.17. The largest absolute Gasteiger partial charge is 0.497 e. The van der Waals surface area contributed by atoms with Gasteiger partial charge in [0.05, 0.1) is 20.3 Å². The van der Waals surface area contributed by atoms with Crippen LogP contribution in [0.1, 0.15) is 43.2 Å². The molecule has 0 aliphatic heterocycles. The minimum absolute atomic E-state index is 0. The molecule has 0 saturated heterocycles. The maximum atomic E-state index is 9.72. The number of aliphatic hydroxyl groups is 1. The summed E-state index contributed by atoms with van der Waals surface area (Å²) in [6.07, 6.45) is 0.999. The van der Waals surface area contributed by atoms with Crippen molar-refractivity contribution in [3.05, 3.63) is 65.7 Å². The minimum Gasteiger partial charge on any atom is -0.497 e. The van der Waals surface area contributed by atoms with Crippen LogP contribution in [0.15, 0.2) is 59.6 Å². The fourth-order valence-corrected chi connectivity index (χ4v) is 3.04. The Morgan fingerprint density at radius 2 is 1.72 bits per heavy atom. The average molecular weight is 511 g/mol. The van der Waals surface area contributed by atoms with E-state index in [0.717, 1.165) is 36.8 Å². The number of nitrogens with one attached hydrogen (secondary N) is 2. The average Bonchev–Trinajstić information content (AvgIpc) is 2.74. The Balaban J connectivity index is 0.00000420. The molecule has 3 N–H and O–H groups in total. The van der Waals surface area contributed by atoms with E-state index in [9.17, 15) is 5.11 Å². The van der Waals surface area contributed by atoms with Gasteiger partial charge in [-0.3, -0.25) is 4.99 Å². The predicted octanol–water partition coefficient (Wildman–Crippen LogP) is 4.14. The van der Waals surface area contributed by atoms with Gasteiger partial charge in [-0.05, 0) is 42.5 Å². The van der Waals surface area contributed by atoms with Crippen molar-refractivity contribution in [2.45, 2.75) is 32.1 Å². The Kier molecular flexibility index (Phi) is 12.4. The molecule has 0 spiro atoms. The lowest BCUT2D eigenvalue weighted by atomic mass is 9.98. The Bertz CT molecular complexity index is 708. The maximum Gasteiger partial charge on any atom is 0.191 e. The van der Waals surface area contributed by atoms with E-state index in [0.29, 0.717) is 12.5 Å². The summed E-state index contributed by atoms with van der Waals surface area (Å²) in [6, 6.07) is 18.3. The van der Waals surface area contributed by atoms with Crippen molar-refractivity contribution >= 4 is 29.9 Å². The fraction of sp³-hybridized carbons (Fsp3) is 0.435. The second-order valence-electron chi connectivity index (χ2n) is 6.90. The molecular formula is C23H34IN3O2. The molecule has 0 aromatic heterocycles. The zero-order valence-corrected chi connectivity index (χ0v) is 19.9. The van der Waals surface area contributed by atoms with E-state index in [1.54, 1.807) is 7.11 Å². The Morgan fingerprint density at radius 1 is 1.03 bits per heavy atom. The molecule has 0 saturated carbocycles. The number of hydrogen-bond acceptors (Lipinski definition) is 3. The number of aliphatic hydroxyl groups excluding tert-OH is 1. The number of hydrogen-bond donors (Lipinski definition) is 3. The van der Waals surface area contributed by atoms with Gasteiger partial charge in [0.2, 0.25) is 0 Å². The predicted molar refractivity (Wildman–Crippen MR) is 132 cm³/mol. The van der Waals surface area contributed by atoms with Crippen LogP contribution in [0.3, 0.4) is 0 Å². The summed E-state index contributed by atoms with van der Waals surface area (Å²) in [7, 11) is 1.68. The number of methoxy groups -OCH3 is 1. The number of benzene rings is 2. The van der Waals surface area contributed by atoms with Gasteiger partial charge < -0.3 is 20.5 Å². The van der Waals surface area contributed by atoms with Crippen LogP contribution < -0.4 is 15.4 Å². The van der Waals surface area contributed by atoms with Crippen molar-refractivity contribution in [1.29, 1.82) is 0 Å². The summed E-state index contributed by atoms with van der Waals surface area (Å²) in [4.78, 5) is 4.67. The monoisotopic (exact) mass is 511 g/mol. The van der Waals surface area contributed by atoms with Gasteiger partial charge in [-0.1, -0.05) is 49.4 Å².